The van der Waals surface area contributed by atoms with E-state index in [9.17, 15) is 9.90 Å². The maximum atomic E-state index is 12.3. The topological polar surface area (TPSA) is 103 Å². The van der Waals surface area contributed by atoms with Gasteiger partial charge in [0.1, 0.15) is 11.3 Å². The number of nitrogens with one attached hydrogen (secondary N) is 1. The molecule has 5 rings (SSSR count). The van der Waals surface area contributed by atoms with Crippen LogP contribution in [0.5, 0.6) is 23.0 Å². The zero-order valence-corrected chi connectivity index (χ0v) is 19.1. The molecular formula is C25H26N2O6. The van der Waals surface area contributed by atoms with Gasteiger partial charge in [-0.25, -0.2) is 4.79 Å². The second-order valence-corrected chi connectivity index (χ2v) is 8.36. The van der Waals surface area contributed by atoms with Crippen molar-refractivity contribution in [3.05, 3.63) is 56.4 Å². The number of phenolic OH excluding ortho intramolecular Hbond substituents is 1. The van der Waals surface area contributed by atoms with Gasteiger partial charge in [0, 0.05) is 23.1 Å². The summed E-state index contributed by atoms with van der Waals surface area (Å²) in [6.07, 6.45) is 2.85. The zero-order chi connectivity index (χ0) is 23.3. The highest BCUT2D eigenvalue weighted by atomic mass is 16.5. The summed E-state index contributed by atoms with van der Waals surface area (Å²) in [7, 11) is 4.74. The summed E-state index contributed by atoms with van der Waals surface area (Å²) in [6.45, 7) is 1.88. The van der Waals surface area contributed by atoms with Gasteiger partial charge in [-0.05, 0) is 55.5 Å². The highest BCUT2D eigenvalue weighted by molar-refractivity contribution is 6.09. The highest BCUT2D eigenvalue weighted by Gasteiger charge is 2.31. The molecule has 2 aliphatic rings. The Morgan fingerprint density at radius 2 is 1.85 bits per heavy atom. The van der Waals surface area contributed by atoms with Crippen LogP contribution in [0.4, 0.5) is 0 Å². The molecule has 8 heteroatoms. The van der Waals surface area contributed by atoms with Gasteiger partial charge in [-0.2, -0.15) is 5.10 Å². The first-order valence-electron chi connectivity index (χ1n) is 10.9. The molecule has 3 aromatic rings. The molecule has 1 unspecified atom stereocenters. The van der Waals surface area contributed by atoms with Crippen molar-refractivity contribution in [2.24, 2.45) is 5.10 Å². The molecule has 8 nitrogen and oxygen atoms in total. The molecule has 0 bridgehead atoms. The Morgan fingerprint density at radius 1 is 1.09 bits per heavy atom. The largest absolute Gasteiger partial charge is 0.506 e. The summed E-state index contributed by atoms with van der Waals surface area (Å²) < 4.78 is 22.1. The minimum Gasteiger partial charge on any atom is -0.506 e. The van der Waals surface area contributed by atoms with E-state index in [-0.39, 0.29) is 17.4 Å². The standard InChI is InChI=1S/C25H26N2O6/c1-12-10-19-21(13-6-5-7-14(13)25(29)33-19)22(28)20(12)17-11-16(26-27-17)15-8-9-18(30-2)24(32-4)23(15)31-3/h8-10,16,26,28H,5-7,11H2,1-4H3. The molecule has 0 fully saturated rings. The molecule has 0 amide bonds. The number of hydrazone groups is 1. The SMILES string of the molecule is COc1ccc(C2CC(c3c(C)cc4oc(=O)c5c(c4c3O)CCC5)=NN2)c(OC)c1OC. The van der Waals surface area contributed by atoms with Gasteiger partial charge >= 0.3 is 5.63 Å². The van der Waals surface area contributed by atoms with Crippen LogP contribution < -0.4 is 25.3 Å². The number of fused-ring (bicyclic) bond motifs is 3. The molecular weight excluding hydrogens is 424 g/mol. The van der Waals surface area contributed by atoms with E-state index >= 15 is 0 Å². The van der Waals surface area contributed by atoms with E-state index in [1.807, 2.05) is 25.1 Å². The Bertz CT molecular complexity index is 1360. The summed E-state index contributed by atoms with van der Waals surface area (Å²) in [5.41, 5.74) is 7.92. The molecule has 172 valence electrons. The van der Waals surface area contributed by atoms with Crippen molar-refractivity contribution >= 4 is 16.7 Å². The lowest BCUT2D eigenvalue weighted by Gasteiger charge is -2.19. The minimum atomic E-state index is -0.304. The quantitative estimate of drug-likeness (QED) is 0.571. The molecule has 1 aliphatic heterocycles. The third-order valence-electron chi connectivity index (χ3n) is 6.58. The third-order valence-corrected chi connectivity index (χ3v) is 6.58. The first-order valence-corrected chi connectivity index (χ1v) is 10.9. The zero-order valence-electron chi connectivity index (χ0n) is 19.1. The third kappa shape index (κ3) is 3.20. The Kier molecular flexibility index (Phi) is 5.15. The average Bonchev–Trinajstić information content (AvgIpc) is 3.48. The summed E-state index contributed by atoms with van der Waals surface area (Å²) in [5, 5.41) is 16.5. The van der Waals surface area contributed by atoms with Crippen LogP contribution in [0, 0.1) is 6.92 Å². The van der Waals surface area contributed by atoms with E-state index in [0.29, 0.717) is 52.2 Å². The van der Waals surface area contributed by atoms with Crippen LogP contribution in [0.25, 0.3) is 11.0 Å². The summed E-state index contributed by atoms with van der Waals surface area (Å²) in [4.78, 5) is 12.3. The molecule has 33 heavy (non-hydrogen) atoms. The molecule has 0 radical (unpaired) electrons. The van der Waals surface area contributed by atoms with Gasteiger partial charge in [0.05, 0.1) is 38.5 Å². The Hall–Kier alpha value is -3.68. The molecule has 0 spiro atoms. The fraction of sp³-hybridized carbons (Fsp3) is 0.360. The van der Waals surface area contributed by atoms with Crippen molar-refractivity contribution < 1.29 is 23.7 Å². The number of methoxy groups -OCH3 is 3. The van der Waals surface area contributed by atoms with Crippen molar-refractivity contribution in [3.63, 3.8) is 0 Å². The number of ether oxygens (including phenoxy) is 3. The number of nitrogens with zero attached hydrogens (tertiary/aromatic N) is 1. The molecule has 2 N–H and O–H groups in total. The first-order chi connectivity index (χ1) is 16.0. The predicted octanol–water partition coefficient (Wildman–Crippen LogP) is 3.76. The lowest BCUT2D eigenvalue weighted by atomic mass is 9.92. The Morgan fingerprint density at radius 3 is 2.58 bits per heavy atom. The summed E-state index contributed by atoms with van der Waals surface area (Å²) in [5.74, 6) is 1.79. The number of aryl methyl sites for hydroxylation is 2. The van der Waals surface area contributed by atoms with Crippen molar-refractivity contribution in [1.29, 1.82) is 0 Å². The Balaban J connectivity index is 1.56. The van der Waals surface area contributed by atoms with Crippen LogP contribution in [-0.4, -0.2) is 32.1 Å². The Labute approximate surface area is 190 Å². The number of aromatic hydroxyl groups is 1. The molecule has 2 aromatic carbocycles. The van der Waals surface area contributed by atoms with Crippen LogP contribution in [0.1, 0.15) is 46.7 Å². The van der Waals surface area contributed by atoms with Gasteiger partial charge in [0.15, 0.2) is 11.5 Å². The van der Waals surface area contributed by atoms with Gasteiger partial charge in [-0.3, -0.25) is 0 Å². The molecule has 2 heterocycles. The molecule has 0 saturated carbocycles. The van der Waals surface area contributed by atoms with E-state index in [4.69, 9.17) is 18.6 Å². The van der Waals surface area contributed by atoms with Crippen molar-refractivity contribution in [2.75, 3.05) is 21.3 Å². The normalized spacial score (nSPS) is 17.0. The number of hydrogen-bond donors (Lipinski definition) is 2. The molecule has 1 aliphatic carbocycles. The van der Waals surface area contributed by atoms with Gasteiger partial charge in [-0.15, -0.1) is 0 Å². The lowest BCUT2D eigenvalue weighted by Crippen LogP contribution is -2.12. The maximum absolute atomic E-state index is 12.3. The van der Waals surface area contributed by atoms with Crippen molar-refractivity contribution in [1.82, 2.24) is 5.43 Å². The average molecular weight is 450 g/mol. The van der Waals surface area contributed by atoms with E-state index in [1.54, 1.807) is 21.3 Å². The molecule has 1 aromatic heterocycles. The van der Waals surface area contributed by atoms with Gasteiger partial charge in [0.2, 0.25) is 5.75 Å². The van der Waals surface area contributed by atoms with Crippen LogP contribution in [0.15, 0.2) is 32.5 Å². The van der Waals surface area contributed by atoms with Crippen LogP contribution in [0.2, 0.25) is 0 Å². The fourth-order valence-corrected chi connectivity index (χ4v) is 5.09. The minimum absolute atomic E-state index is 0.118. The van der Waals surface area contributed by atoms with Crippen LogP contribution >= 0.6 is 0 Å². The monoisotopic (exact) mass is 450 g/mol. The van der Waals surface area contributed by atoms with Crippen molar-refractivity contribution in [2.45, 2.75) is 38.6 Å². The highest BCUT2D eigenvalue weighted by Crippen LogP contribution is 2.45. The second-order valence-electron chi connectivity index (χ2n) is 8.36. The van der Waals surface area contributed by atoms with E-state index in [1.165, 1.54) is 0 Å². The number of rotatable bonds is 5. The van der Waals surface area contributed by atoms with E-state index in [0.717, 1.165) is 35.2 Å². The van der Waals surface area contributed by atoms with Gasteiger partial charge < -0.3 is 29.2 Å². The van der Waals surface area contributed by atoms with Crippen LogP contribution in [-0.2, 0) is 12.8 Å². The van der Waals surface area contributed by atoms with Crippen LogP contribution in [0.3, 0.4) is 0 Å². The first kappa shape index (κ1) is 21.2. The maximum Gasteiger partial charge on any atom is 0.339 e. The molecule has 0 saturated heterocycles. The summed E-state index contributed by atoms with van der Waals surface area (Å²) in [6, 6.07) is 5.39. The van der Waals surface area contributed by atoms with Crippen molar-refractivity contribution in [3.8, 4) is 23.0 Å². The second kappa shape index (κ2) is 8.03. The van der Waals surface area contributed by atoms with Gasteiger partial charge in [0.25, 0.3) is 0 Å². The predicted molar refractivity (Wildman–Crippen MR) is 124 cm³/mol. The summed E-state index contributed by atoms with van der Waals surface area (Å²) >= 11 is 0. The van der Waals surface area contributed by atoms with E-state index in [2.05, 4.69) is 10.5 Å². The number of benzene rings is 2. The van der Waals surface area contributed by atoms with E-state index < -0.39 is 0 Å². The molecule has 1 atom stereocenters. The smallest absolute Gasteiger partial charge is 0.339 e. The number of phenols is 1. The fourth-order valence-electron chi connectivity index (χ4n) is 5.09. The number of hydrogen-bond acceptors (Lipinski definition) is 8. The lowest BCUT2D eigenvalue weighted by molar-refractivity contribution is 0.320. The van der Waals surface area contributed by atoms with Gasteiger partial charge in [-0.1, -0.05) is 0 Å².